The molecule has 0 unspecified atom stereocenters. The highest BCUT2D eigenvalue weighted by atomic mass is 35.5. The molecule has 2 N–H and O–H groups in total. The molecular weight excluding hydrogens is 314 g/mol. The Morgan fingerprint density at radius 3 is 2.81 bits per heavy atom. The second-order valence-corrected chi connectivity index (χ2v) is 6.44. The molecule has 0 fully saturated rings. The van der Waals surface area contributed by atoms with Gasteiger partial charge in [-0.15, -0.1) is 0 Å². The first-order chi connectivity index (χ1) is 9.97. The second-order valence-electron chi connectivity index (χ2n) is 4.29. The van der Waals surface area contributed by atoms with Crippen LogP contribution in [0.5, 0.6) is 5.75 Å². The van der Waals surface area contributed by atoms with Crippen LogP contribution in [0, 0.1) is 0 Å². The summed E-state index contributed by atoms with van der Waals surface area (Å²) < 4.78 is 32.0. The van der Waals surface area contributed by atoms with Gasteiger partial charge in [-0.05, 0) is 12.1 Å². The van der Waals surface area contributed by atoms with E-state index in [9.17, 15) is 8.42 Å². The zero-order chi connectivity index (χ0) is 15.5. The van der Waals surface area contributed by atoms with Gasteiger partial charge in [0.05, 0.1) is 13.3 Å². The van der Waals surface area contributed by atoms with E-state index in [2.05, 4.69) is 14.7 Å². The van der Waals surface area contributed by atoms with E-state index in [0.29, 0.717) is 28.6 Å². The molecule has 2 rings (SSSR count). The minimum Gasteiger partial charge on any atom is -0.496 e. The van der Waals surface area contributed by atoms with Crippen LogP contribution in [0.3, 0.4) is 0 Å². The number of H-pyrrole nitrogens is 1. The summed E-state index contributed by atoms with van der Waals surface area (Å²) in [5.41, 5.74) is 0.584. The van der Waals surface area contributed by atoms with E-state index in [0.717, 1.165) is 0 Å². The minimum absolute atomic E-state index is 0.0328. The number of aryl methyl sites for hydroxylation is 1. The maximum atomic E-state index is 12.2. The van der Waals surface area contributed by atoms with Crippen molar-refractivity contribution in [1.82, 2.24) is 14.7 Å². The van der Waals surface area contributed by atoms with Gasteiger partial charge in [0.1, 0.15) is 11.6 Å². The molecule has 0 bridgehead atoms. The normalized spacial score (nSPS) is 11.6. The quantitative estimate of drug-likeness (QED) is 0.850. The van der Waals surface area contributed by atoms with Gasteiger partial charge in [0.25, 0.3) is 10.0 Å². The highest BCUT2D eigenvalue weighted by Crippen LogP contribution is 2.26. The van der Waals surface area contributed by atoms with Crippen molar-refractivity contribution >= 4 is 21.6 Å². The summed E-state index contributed by atoms with van der Waals surface area (Å²) in [4.78, 5) is 6.74. The van der Waals surface area contributed by atoms with E-state index in [1.807, 2.05) is 6.92 Å². The number of aromatic nitrogens is 2. The fourth-order valence-electron chi connectivity index (χ4n) is 1.81. The first kappa shape index (κ1) is 15.8. The van der Waals surface area contributed by atoms with Crippen LogP contribution in [-0.4, -0.2) is 25.5 Å². The average Bonchev–Trinajstić information content (AvgIpc) is 2.95. The Balaban J connectivity index is 2.19. The molecule has 0 saturated heterocycles. The molecule has 0 atom stereocenters. The lowest BCUT2D eigenvalue weighted by Crippen LogP contribution is -2.24. The first-order valence-corrected chi connectivity index (χ1v) is 8.19. The molecule has 0 amide bonds. The van der Waals surface area contributed by atoms with Crippen LogP contribution >= 0.6 is 11.6 Å². The number of aromatic amines is 1. The summed E-state index contributed by atoms with van der Waals surface area (Å²) in [5, 5.41) is 0.473. The maximum Gasteiger partial charge on any atom is 0.257 e. The number of nitrogens with one attached hydrogen (secondary N) is 2. The Morgan fingerprint density at radius 2 is 2.19 bits per heavy atom. The SMILES string of the molecule is CCc1ncc(S(=O)(=O)NCc2c(Cl)cccc2OC)[nH]1. The first-order valence-electron chi connectivity index (χ1n) is 6.33. The molecule has 0 spiro atoms. The lowest BCUT2D eigenvalue weighted by molar-refractivity contribution is 0.409. The van der Waals surface area contributed by atoms with E-state index in [4.69, 9.17) is 16.3 Å². The molecule has 8 heteroatoms. The number of imidazole rings is 1. The molecule has 2 aromatic rings. The van der Waals surface area contributed by atoms with Gasteiger partial charge in [0.15, 0.2) is 5.03 Å². The number of hydrogen-bond donors (Lipinski definition) is 2. The smallest absolute Gasteiger partial charge is 0.257 e. The summed E-state index contributed by atoms with van der Waals surface area (Å²) in [6.07, 6.45) is 1.93. The van der Waals surface area contributed by atoms with Crippen LogP contribution in [0.4, 0.5) is 0 Å². The minimum atomic E-state index is -3.67. The van der Waals surface area contributed by atoms with Crippen molar-refractivity contribution in [1.29, 1.82) is 0 Å². The predicted octanol–water partition coefficient (Wildman–Crippen LogP) is 2.11. The van der Waals surface area contributed by atoms with Gasteiger partial charge in [0, 0.05) is 23.6 Å². The molecule has 1 aromatic heterocycles. The third-order valence-corrected chi connectivity index (χ3v) is 4.63. The summed E-state index contributed by atoms with van der Waals surface area (Å²) in [6, 6.07) is 5.14. The van der Waals surface area contributed by atoms with Gasteiger partial charge in [-0.2, -0.15) is 0 Å². The number of hydrogen-bond acceptors (Lipinski definition) is 4. The van der Waals surface area contributed by atoms with Crippen molar-refractivity contribution in [3.8, 4) is 5.75 Å². The van der Waals surface area contributed by atoms with E-state index >= 15 is 0 Å². The number of halogens is 1. The number of rotatable bonds is 6. The van der Waals surface area contributed by atoms with Gasteiger partial charge >= 0.3 is 0 Å². The predicted molar refractivity (Wildman–Crippen MR) is 80.0 cm³/mol. The maximum absolute atomic E-state index is 12.2. The molecule has 21 heavy (non-hydrogen) atoms. The summed E-state index contributed by atoms with van der Waals surface area (Å²) in [5.74, 6) is 1.15. The molecule has 0 aliphatic heterocycles. The standard InChI is InChI=1S/C13H16ClN3O3S/c1-3-12-15-8-13(17-12)21(18,19)16-7-9-10(14)5-4-6-11(9)20-2/h4-6,8,16H,3,7H2,1-2H3,(H,15,17). The van der Waals surface area contributed by atoms with Crippen molar-refractivity contribution in [2.24, 2.45) is 0 Å². The van der Waals surface area contributed by atoms with Crippen LogP contribution < -0.4 is 9.46 Å². The molecule has 114 valence electrons. The van der Waals surface area contributed by atoms with E-state index in [-0.39, 0.29) is 11.6 Å². The number of benzene rings is 1. The van der Waals surface area contributed by atoms with Crippen LogP contribution in [0.15, 0.2) is 29.4 Å². The summed E-state index contributed by atoms with van der Waals surface area (Å²) in [7, 11) is -2.17. The van der Waals surface area contributed by atoms with E-state index in [1.165, 1.54) is 13.3 Å². The van der Waals surface area contributed by atoms with E-state index in [1.54, 1.807) is 18.2 Å². The van der Waals surface area contributed by atoms with Crippen LogP contribution in [0.2, 0.25) is 5.02 Å². The Labute approximate surface area is 128 Å². The van der Waals surface area contributed by atoms with Gasteiger partial charge in [0.2, 0.25) is 0 Å². The molecule has 0 saturated carbocycles. The van der Waals surface area contributed by atoms with Crippen molar-refractivity contribution in [2.75, 3.05) is 7.11 Å². The number of nitrogens with zero attached hydrogens (tertiary/aromatic N) is 1. The molecule has 0 radical (unpaired) electrons. The topological polar surface area (TPSA) is 84.1 Å². The summed E-state index contributed by atoms with van der Waals surface area (Å²) in [6.45, 7) is 1.92. The Bertz CT molecular complexity index is 728. The van der Waals surface area contributed by atoms with Crippen LogP contribution in [0.1, 0.15) is 18.3 Å². The number of methoxy groups -OCH3 is 1. The lowest BCUT2D eigenvalue weighted by atomic mass is 10.2. The lowest BCUT2D eigenvalue weighted by Gasteiger charge is -2.11. The van der Waals surface area contributed by atoms with Crippen LogP contribution in [0.25, 0.3) is 0 Å². The number of sulfonamides is 1. The Kier molecular flexibility index (Phi) is 4.87. The Hall–Kier alpha value is -1.57. The summed E-state index contributed by atoms with van der Waals surface area (Å²) >= 11 is 6.07. The molecular formula is C13H16ClN3O3S. The third-order valence-electron chi connectivity index (χ3n) is 2.96. The van der Waals surface area contributed by atoms with E-state index < -0.39 is 10.0 Å². The van der Waals surface area contributed by atoms with Crippen molar-refractivity contribution in [3.63, 3.8) is 0 Å². The zero-order valence-electron chi connectivity index (χ0n) is 11.7. The van der Waals surface area contributed by atoms with Crippen molar-refractivity contribution in [3.05, 3.63) is 40.8 Å². The van der Waals surface area contributed by atoms with Gasteiger partial charge in [-0.3, -0.25) is 0 Å². The third kappa shape index (κ3) is 3.55. The van der Waals surface area contributed by atoms with Crippen LogP contribution in [-0.2, 0) is 23.0 Å². The van der Waals surface area contributed by atoms with Crippen molar-refractivity contribution in [2.45, 2.75) is 24.9 Å². The number of ether oxygens (including phenoxy) is 1. The monoisotopic (exact) mass is 329 g/mol. The fourth-order valence-corrected chi connectivity index (χ4v) is 2.97. The highest BCUT2D eigenvalue weighted by Gasteiger charge is 2.18. The largest absolute Gasteiger partial charge is 0.496 e. The molecule has 1 aromatic carbocycles. The fraction of sp³-hybridized carbons (Fsp3) is 0.308. The van der Waals surface area contributed by atoms with Gasteiger partial charge in [-0.1, -0.05) is 24.6 Å². The van der Waals surface area contributed by atoms with Gasteiger partial charge < -0.3 is 9.72 Å². The molecule has 1 heterocycles. The Morgan fingerprint density at radius 1 is 1.43 bits per heavy atom. The molecule has 0 aliphatic rings. The molecule has 6 nitrogen and oxygen atoms in total. The average molecular weight is 330 g/mol. The molecule has 0 aliphatic carbocycles. The van der Waals surface area contributed by atoms with Crippen molar-refractivity contribution < 1.29 is 13.2 Å². The zero-order valence-corrected chi connectivity index (χ0v) is 13.3. The highest BCUT2D eigenvalue weighted by molar-refractivity contribution is 7.89. The van der Waals surface area contributed by atoms with Gasteiger partial charge in [-0.25, -0.2) is 18.1 Å². The second kappa shape index (κ2) is 6.46.